The lowest BCUT2D eigenvalue weighted by molar-refractivity contribution is -0.123. The van der Waals surface area contributed by atoms with E-state index in [1.807, 2.05) is 72.4 Å². The van der Waals surface area contributed by atoms with Crippen molar-refractivity contribution in [3.05, 3.63) is 70.2 Å². The first-order chi connectivity index (χ1) is 17.5. The molecule has 9 heteroatoms. The SMILES string of the molecule is CCCOc1ccc(-c2nn(-c3ccccc3)cc2C=C2SC(=S)N(CC3CCCO3)C2=O)cc1Cl. The van der Waals surface area contributed by atoms with Gasteiger partial charge in [-0.1, -0.05) is 60.7 Å². The Labute approximate surface area is 225 Å². The van der Waals surface area contributed by atoms with E-state index in [4.69, 9.17) is 38.4 Å². The summed E-state index contributed by atoms with van der Waals surface area (Å²) in [6.45, 7) is 3.88. The molecule has 186 valence electrons. The first kappa shape index (κ1) is 25.0. The summed E-state index contributed by atoms with van der Waals surface area (Å²) in [5.74, 6) is 0.543. The molecule has 0 bridgehead atoms. The van der Waals surface area contributed by atoms with Crippen molar-refractivity contribution in [3.8, 4) is 22.7 Å². The lowest BCUT2D eigenvalue weighted by atomic mass is 10.1. The highest BCUT2D eigenvalue weighted by Crippen LogP contribution is 2.37. The third kappa shape index (κ3) is 5.37. The Morgan fingerprint density at radius 2 is 2.11 bits per heavy atom. The van der Waals surface area contributed by atoms with Gasteiger partial charge in [-0.25, -0.2) is 4.68 Å². The van der Waals surface area contributed by atoms with Crippen LogP contribution in [0.5, 0.6) is 5.75 Å². The molecule has 2 aromatic carbocycles. The summed E-state index contributed by atoms with van der Waals surface area (Å²) in [6.07, 6.45) is 6.69. The summed E-state index contributed by atoms with van der Waals surface area (Å²) in [7, 11) is 0. The minimum atomic E-state index is -0.0970. The van der Waals surface area contributed by atoms with Crippen LogP contribution in [0.1, 0.15) is 31.7 Å². The molecule has 5 rings (SSSR count). The molecule has 36 heavy (non-hydrogen) atoms. The number of hydrogen-bond donors (Lipinski definition) is 0. The van der Waals surface area contributed by atoms with E-state index < -0.39 is 0 Å². The molecule has 0 aliphatic carbocycles. The molecule has 0 spiro atoms. The maximum atomic E-state index is 13.3. The lowest BCUT2D eigenvalue weighted by Crippen LogP contribution is -2.35. The molecule has 1 atom stereocenters. The molecule has 1 unspecified atom stereocenters. The lowest BCUT2D eigenvalue weighted by Gasteiger charge is -2.18. The maximum Gasteiger partial charge on any atom is 0.266 e. The molecular weight excluding hydrogens is 514 g/mol. The van der Waals surface area contributed by atoms with Crippen molar-refractivity contribution in [2.24, 2.45) is 0 Å². The van der Waals surface area contributed by atoms with Gasteiger partial charge in [0.05, 0.1) is 34.9 Å². The molecular formula is C27H26ClN3O3S2. The van der Waals surface area contributed by atoms with Crippen LogP contribution in [-0.4, -0.2) is 50.8 Å². The summed E-state index contributed by atoms with van der Waals surface area (Å²) >= 11 is 13.4. The molecule has 2 aliphatic rings. The molecule has 0 saturated carbocycles. The molecule has 3 heterocycles. The highest BCUT2D eigenvalue weighted by Gasteiger charge is 2.35. The zero-order chi connectivity index (χ0) is 25.1. The Hall–Kier alpha value is -2.65. The van der Waals surface area contributed by atoms with Gasteiger partial charge >= 0.3 is 0 Å². The summed E-state index contributed by atoms with van der Waals surface area (Å²) in [5, 5.41) is 5.38. The molecule has 1 amide bonds. The molecule has 3 aromatic rings. The van der Waals surface area contributed by atoms with Gasteiger partial charge in [0.15, 0.2) is 0 Å². The topological polar surface area (TPSA) is 56.6 Å². The van der Waals surface area contributed by atoms with Crippen LogP contribution in [0.15, 0.2) is 59.6 Å². The van der Waals surface area contributed by atoms with Gasteiger partial charge in [-0.2, -0.15) is 5.10 Å². The van der Waals surface area contributed by atoms with E-state index in [0.717, 1.165) is 42.7 Å². The van der Waals surface area contributed by atoms with Gasteiger partial charge in [-0.3, -0.25) is 9.69 Å². The Balaban J connectivity index is 1.50. The normalized spacial score (nSPS) is 19.0. The fourth-order valence-electron chi connectivity index (χ4n) is 4.20. The third-order valence-electron chi connectivity index (χ3n) is 6.00. The Morgan fingerprint density at radius 1 is 1.28 bits per heavy atom. The number of carbonyl (C=O) groups excluding carboxylic acids is 1. The number of para-hydroxylation sites is 1. The number of aromatic nitrogens is 2. The second kappa shape index (κ2) is 11.2. The molecule has 6 nitrogen and oxygen atoms in total. The first-order valence-corrected chi connectivity index (χ1v) is 13.6. The third-order valence-corrected chi connectivity index (χ3v) is 7.67. The van der Waals surface area contributed by atoms with Crippen molar-refractivity contribution in [3.63, 3.8) is 0 Å². The number of thioether (sulfide) groups is 1. The predicted molar refractivity (Wildman–Crippen MR) is 149 cm³/mol. The van der Waals surface area contributed by atoms with E-state index in [-0.39, 0.29) is 12.0 Å². The van der Waals surface area contributed by atoms with Crippen molar-refractivity contribution in [1.82, 2.24) is 14.7 Å². The quantitative estimate of drug-likeness (QED) is 0.245. The van der Waals surface area contributed by atoms with E-state index >= 15 is 0 Å². The number of ether oxygens (including phenoxy) is 2. The van der Waals surface area contributed by atoms with E-state index in [1.165, 1.54) is 11.8 Å². The number of thiocarbonyl (C=S) groups is 1. The van der Waals surface area contributed by atoms with Crippen LogP contribution in [0, 0.1) is 0 Å². The van der Waals surface area contributed by atoms with Crippen LogP contribution in [0.25, 0.3) is 23.0 Å². The number of halogens is 1. The Morgan fingerprint density at radius 3 is 2.83 bits per heavy atom. The second-order valence-electron chi connectivity index (χ2n) is 8.63. The standard InChI is InChI=1S/C27H26ClN3O3S2/c1-2-12-34-23-11-10-18(14-22(23)28)25-19(16-31(29-25)20-7-4-3-5-8-20)15-24-26(32)30(27(35)36-24)17-21-9-6-13-33-21/h3-5,7-8,10-11,14-16,21H,2,6,9,12-13,17H2,1H3. The smallest absolute Gasteiger partial charge is 0.266 e. The minimum Gasteiger partial charge on any atom is -0.492 e. The molecule has 2 aliphatic heterocycles. The van der Waals surface area contributed by atoms with Crippen LogP contribution in [-0.2, 0) is 9.53 Å². The fraction of sp³-hybridized carbons (Fsp3) is 0.296. The zero-order valence-corrected chi connectivity index (χ0v) is 22.2. The van der Waals surface area contributed by atoms with Gasteiger partial charge in [0.1, 0.15) is 15.8 Å². The number of amides is 1. The largest absolute Gasteiger partial charge is 0.492 e. The maximum absolute atomic E-state index is 13.3. The van der Waals surface area contributed by atoms with Gasteiger partial charge in [0.25, 0.3) is 5.91 Å². The zero-order valence-electron chi connectivity index (χ0n) is 19.9. The van der Waals surface area contributed by atoms with Crippen LogP contribution in [0.3, 0.4) is 0 Å². The van der Waals surface area contributed by atoms with Crippen LogP contribution in [0.2, 0.25) is 5.02 Å². The number of carbonyl (C=O) groups is 1. The molecule has 2 fully saturated rings. The second-order valence-corrected chi connectivity index (χ2v) is 10.7. The molecule has 1 aromatic heterocycles. The average molecular weight is 540 g/mol. The van der Waals surface area contributed by atoms with Gasteiger partial charge in [-0.05, 0) is 55.7 Å². The van der Waals surface area contributed by atoms with Crippen molar-refractivity contribution in [1.29, 1.82) is 0 Å². The van der Waals surface area contributed by atoms with Gasteiger partial charge in [0, 0.05) is 23.9 Å². The van der Waals surface area contributed by atoms with Crippen molar-refractivity contribution in [2.45, 2.75) is 32.3 Å². The van der Waals surface area contributed by atoms with Crippen LogP contribution < -0.4 is 4.74 Å². The Kier molecular flexibility index (Phi) is 7.76. The highest BCUT2D eigenvalue weighted by molar-refractivity contribution is 8.26. The summed E-state index contributed by atoms with van der Waals surface area (Å²) in [6, 6.07) is 15.5. The van der Waals surface area contributed by atoms with Crippen molar-refractivity contribution >= 4 is 51.9 Å². The number of benzene rings is 2. The van der Waals surface area contributed by atoms with Gasteiger partial charge in [-0.15, -0.1) is 0 Å². The van der Waals surface area contributed by atoms with Crippen LogP contribution in [0.4, 0.5) is 0 Å². The van der Waals surface area contributed by atoms with E-state index in [0.29, 0.717) is 38.8 Å². The minimum absolute atomic E-state index is 0.0406. The fourth-order valence-corrected chi connectivity index (χ4v) is 5.70. The van der Waals surface area contributed by atoms with Gasteiger partial charge < -0.3 is 9.47 Å². The van der Waals surface area contributed by atoms with Crippen molar-refractivity contribution < 1.29 is 14.3 Å². The monoisotopic (exact) mass is 539 g/mol. The summed E-state index contributed by atoms with van der Waals surface area (Å²) in [4.78, 5) is 15.5. The van der Waals surface area contributed by atoms with Crippen molar-refractivity contribution in [2.75, 3.05) is 19.8 Å². The summed E-state index contributed by atoms with van der Waals surface area (Å²) < 4.78 is 13.8. The van der Waals surface area contributed by atoms with Crippen LogP contribution >= 0.6 is 35.6 Å². The molecule has 0 N–H and O–H groups in total. The average Bonchev–Trinajstić information content (AvgIpc) is 3.61. The van der Waals surface area contributed by atoms with E-state index in [9.17, 15) is 4.79 Å². The first-order valence-electron chi connectivity index (χ1n) is 12.0. The predicted octanol–water partition coefficient (Wildman–Crippen LogP) is 6.36. The highest BCUT2D eigenvalue weighted by atomic mass is 35.5. The van der Waals surface area contributed by atoms with E-state index in [1.54, 1.807) is 4.90 Å². The molecule has 2 saturated heterocycles. The number of nitrogens with zero attached hydrogens (tertiary/aromatic N) is 3. The van der Waals surface area contributed by atoms with E-state index in [2.05, 4.69) is 0 Å². The van der Waals surface area contributed by atoms with Gasteiger partial charge in [0.2, 0.25) is 0 Å². The number of rotatable bonds is 8. The summed E-state index contributed by atoms with van der Waals surface area (Å²) in [5.41, 5.74) is 3.26. The Bertz CT molecular complexity index is 1300. The molecule has 0 radical (unpaired) electrons. The number of hydrogen-bond acceptors (Lipinski definition) is 6.